The number of hydrogen-bond donors (Lipinski definition) is 1. The SMILES string of the molecule is Cc1oc(-c2ccc(S)cc2)nc1CSCC(=O)N1CCc2ccccc21. The van der Waals surface area contributed by atoms with E-state index in [0.717, 1.165) is 40.6 Å². The molecule has 0 unspecified atom stereocenters. The summed E-state index contributed by atoms with van der Waals surface area (Å²) in [4.78, 5) is 20.0. The highest BCUT2D eigenvalue weighted by Crippen LogP contribution is 2.29. The fourth-order valence-electron chi connectivity index (χ4n) is 3.20. The number of para-hydroxylation sites is 1. The molecule has 1 aromatic heterocycles. The third kappa shape index (κ3) is 3.92. The van der Waals surface area contributed by atoms with E-state index in [1.165, 1.54) is 5.56 Å². The molecule has 0 saturated heterocycles. The van der Waals surface area contributed by atoms with Crippen LogP contribution in [0.15, 0.2) is 57.8 Å². The number of benzene rings is 2. The van der Waals surface area contributed by atoms with Gasteiger partial charge >= 0.3 is 0 Å². The van der Waals surface area contributed by atoms with Crippen molar-refractivity contribution in [3.8, 4) is 11.5 Å². The summed E-state index contributed by atoms with van der Waals surface area (Å²) in [7, 11) is 0. The summed E-state index contributed by atoms with van der Waals surface area (Å²) in [5.41, 5.74) is 4.12. The van der Waals surface area contributed by atoms with Crippen LogP contribution >= 0.6 is 24.4 Å². The molecule has 4 rings (SSSR count). The molecule has 0 fully saturated rings. The van der Waals surface area contributed by atoms with Gasteiger partial charge in [-0.3, -0.25) is 4.79 Å². The predicted octanol–water partition coefficient (Wildman–Crippen LogP) is 4.76. The van der Waals surface area contributed by atoms with Crippen molar-refractivity contribution in [3.63, 3.8) is 0 Å². The van der Waals surface area contributed by atoms with Crippen molar-refractivity contribution in [1.82, 2.24) is 4.98 Å². The number of thioether (sulfide) groups is 1. The third-order valence-electron chi connectivity index (χ3n) is 4.66. The molecule has 6 heteroatoms. The summed E-state index contributed by atoms with van der Waals surface area (Å²) in [6.07, 6.45) is 0.934. The van der Waals surface area contributed by atoms with Crippen LogP contribution in [0.3, 0.4) is 0 Å². The number of hydrogen-bond acceptors (Lipinski definition) is 5. The van der Waals surface area contributed by atoms with Gasteiger partial charge in [-0.15, -0.1) is 24.4 Å². The van der Waals surface area contributed by atoms with Crippen LogP contribution in [-0.4, -0.2) is 23.2 Å². The average Bonchev–Trinajstić information content (AvgIpc) is 3.26. The molecule has 0 saturated carbocycles. The Morgan fingerprint density at radius 2 is 2.00 bits per heavy atom. The first-order valence-electron chi connectivity index (χ1n) is 8.83. The molecule has 1 aliphatic rings. The summed E-state index contributed by atoms with van der Waals surface area (Å²) < 4.78 is 5.80. The third-order valence-corrected chi connectivity index (χ3v) is 5.89. The molecule has 2 aromatic carbocycles. The molecular formula is C21H20N2O2S2. The highest BCUT2D eigenvalue weighted by molar-refractivity contribution is 7.99. The molecule has 1 amide bonds. The van der Waals surface area contributed by atoms with Crippen LogP contribution in [0.5, 0.6) is 0 Å². The van der Waals surface area contributed by atoms with Gasteiger partial charge in [-0.05, 0) is 49.2 Å². The maximum Gasteiger partial charge on any atom is 0.237 e. The Labute approximate surface area is 168 Å². The topological polar surface area (TPSA) is 46.3 Å². The molecule has 3 aromatic rings. The zero-order valence-corrected chi connectivity index (χ0v) is 16.7. The number of aromatic nitrogens is 1. The summed E-state index contributed by atoms with van der Waals surface area (Å²) in [6.45, 7) is 2.69. The lowest BCUT2D eigenvalue weighted by atomic mass is 10.2. The van der Waals surface area contributed by atoms with Crippen LogP contribution in [0, 0.1) is 6.92 Å². The smallest absolute Gasteiger partial charge is 0.237 e. The molecule has 27 heavy (non-hydrogen) atoms. The average molecular weight is 397 g/mol. The second-order valence-electron chi connectivity index (χ2n) is 6.49. The van der Waals surface area contributed by atoms with E-state index in [-0.39, 0.29) is 5.91 Å². The van der Waals surface area contributed by atoms with Crippen molar-refractivity contribution in [2.45, 2.75) is 24.0 Å². The Hall–Kier alpha value is -2.18. The minimum absolute atomic E-state index is 0.149. The van der Waals surface area contributed by atoms with E-state index in [0.29, 0.717) is 17.4 Å². The van der Waals surface area contributed by atoms with E-state index in [2.05, 4.69) is 23.7 Å². The van der Waals surface area contributed by atoms with Crippen molar-refractivity contribution in [2.24, 2.45) is 0 Å². The zero-order valence-electron chi connectivity index (χ0n) is 15.0. The number of thiol groups is 1. The molecule has 0 spiro atoms. The first kappa shape index (κ1) is 18.2. The lowest BCUT2D eigenvalue weighted by molar-refractivity contribution is -0.116. The standard InChI is InChI=1S/C21H20N2O2S2/c1-14-18(22-21(25-14)16-6-8-17(26)9-7-16)12-27-13-20(24)23-11-10-15-4-2-3-5-19(15)23/h2-9,26H,10-13H2,1H3. The fourth-order valence-corrected chi connectivity index (χ4v) is 4.24. The van der Waals surface area contributed by atoms with Gasteiger partial charge in [-0.2, -0.15) is 0 Å². The minimum atomic E-state index is 0.149. The Bertz CT molecular complexity index is 967. The molecule has 0 atom stereocenters. The second kappa shape index (κ2) is 7.82. The molecule has 1 aliphatic heterocycles. The number of carbonyl (C=O) groups excluding carboxylic acids is 1. The minimum Gasteiger partial charge on any atom is -0.441 e. The molecule has 0 radical (unpaired) electrons. The molecule has 4 nitrogen and oxygen atoms in total. The number of carbonyl (C=O) groups is 1. The van der Waals surface area contributed by atoms with E-state index in [1.54, 1.807) is 11.8 Å². The summed E-state index contributed by atoms with van der Waals surface area (Å²) in [5.74, 6) is 2.64. The molecule has 0 aliphatic carbocycles. The number of fused-ring (bicyclic) bond motifs is 1. The number of oxazole rings is 1. The predicted molar refractivity (Wildman–Crippen MR) is 113 cm³/mol. The van der Waals surface area contributed by atoms with Gasteiger partial charge in [0.15, 0.2) is 0 Å². The van der Waals surface area contributed by atoms with Gasteiger partial charge < -0.3 is 9.32 Å². The molecule has 0 bridgehead atoms. The van der Waals surface area contributed by atoms with Crippen molar-refractivity contribution >= 4 is 36.0 Å². The maximum absolute atomic E-state index is 12.6. The van der Waals surface area contributed by atoms with Crippen molar-refractivity contribution in [2.75, 3.05) is 17.2 Å². The number of rotatable bonds is 5. The zero-order chi connectivity index (χ0) is 18.8. The number of aryl methyl sites for hydroxylation is 1. The molecule has 2 heterocycles. The number of amides is 1. The Kier molecular flexibility index (Phi) is 5.27. The second-order valence-corrected chi connectivity index (χ2v) is 7.99. The number of anilines is 1. The van der Waals surface area contributed by atoms with Gasteiger partial charge in [0, 0.05) is 28.4 Å². The summed E-state index contributed by atoms with van der Waals surface area (Å²) in [6, 6.07) is 15.8. The van der Waals surface area contributed by atoms with E-state index < -0.39 is 0 Å². The summed E-state index contributed by atoms with van der Waals surface area (Å²) in [5, 5.41) is 0. The molecular weight excluding hydrogens is 376 g/mol. The maximum atomic E-state index is 12.6. The van der Waals surface area contributed by atoms with Crippen LogP contribution in [-0.2, 0) is 17.0 Å². The fraction of sp³-hybridized carbons (Fsp3) is 0.238. The molecule has 138 valence electrons. The van der Waals surface area contributed by atoms with Crippen LogP contribution < -0.4 is 4.90 Å². The monoisotopic (exact) mass is 396 g/mol. The summed E-state index contributed by atoms with van der Waals surface area (Å²) >= 11 is 5.87. The quantitative estimate of drug-likeness (QED) is 0.632. The molecule has 0 N–H and O–H groups in total. The highest BCUT2D eigenvalue weighted by atomic mass is 32.2. The van der Waals surface area contributed by atoms with Crippen LogP contribution in [0.2, 0.25) is 0 Å². The van der Waals surface area contributed by atoms with E-state index in [1.807, 2.05) is 54.3 Å². The normalized spacial score (nSPS) is 13.0. The van der Waals surface area contributed by atoms with Crippen molar-refractivity contribution in [1.29, 1.82) is 0 Å². The van der Waals surface area contributed by atoms with Gasteiger partial charge in [0.05, 0.1) is 11.4 Å². The van der Waals surface area contributed by atoms with Gasteiger partial charge in [-0.1, -0.05) is 18.2 Å². The van der Waals surface area contributed by atoms with Crippen molar-refractivity contribution < 1.29 is 9.21 Å². The van der Waals surface area contributed by atoms with Gasteiger partial charge in [0.25, 0.3) is 0 Å². The Balaban J connectivity index is 1.37. The lowest BCUT2D eigenvalue weighted by Crippen LogP contribution is -2.30. The van der Waals surface area contributed by atoms with Crippen LogP contribution in [0.25, 0.3) is 11.5 Å². The van der Waals surface area contributed by atoms with E-state index in [4.69, 9.17) is 4.42 Å². The van der Waals surface area contributed by atoms with Gasteiger partial charge in [0.2, 0.25) is 11.8 Å². The first-order chi connectivity index (χ1) is 13.1. The van der Waals surface area contributed by atoms with Crippen LogP contribution in [0.4, 0.5) is 5.69 Å². The lowest BCUT2D eigenvalue weighted by Gasteiger charge is -2.16. The first-order valence-corrected chi connectivity index (χ1v) is 10.4. The Morgan fingerprint density at radius 3 is 2.81 bits per heavy atom. The largest absolute Gasteiger partial charge is 0.441 e. The van der Waals surface area contributed by atoms with Crippen LogP contribution in [0.1, 0.15) is 17.0 Å². The van der Waals surface area contributed by atoms with E-state index in [9.17, 15) is 4.79 Å². The number of nitrogens with zero attached hydrogens (tertiary/aromatic N) is 2. The van der Waals surface area contributed by atoms with E-state index >= 15 is 0 Å². The highest BCUT2D eigenvalue weighted by Gasteiger charge is 2.24. The Morgan fingerprint density at radius 1 is 1.22 bits per heavy atom. The van der Waals surface area contributed by atoms with Gasteiger partial charge in [0.1, 0.15) is 5.76 Å². The van der Waals surface area contributed by atoms with Crippen molar-refractivity contribution in [3.05, 3.63) is 65.5 Å². The van der Waals surface area contributed by atoms with Gasteiger partial charge in [-0.25, -0.2) is 4.98 Å².